The lowest BCUT2D eigenvalue weighted by Crippen LogP contribution is -2.19. The summed E-state index contributed by atoms with van der Waals surface area (Å²) in [6, 6.07) is 13.3. The van der Waals surface area contributed by atoms with Crippen LogP contribution in [0.2, 0.25) is 0 Å². The van der Waals surface area contributed by atoms with Crippen molar-refractivity contribution in [3.63, 3.8) is 0 Å². The van der Waals surface area contributed by atoms with Gasteiger partial charge < -0.3 is 10.2 Å². The van der Waals surface area contributed by atoms with Gasteiger partial charge in [0.2, 0.25) is 0 Å². The van der Waals surface area contributed by atoms with E-state index in [0.717, 1.165) is 33.5 Å². The highest BCUT2D eigenvalue weighted by Gasteiger charge is 2.14. The maximum Gasteiger partial charge on any atom is 0.251 e. The number of nitrogens with one attached hydrogen (secondary N) is 1. The van der Waals surface area contributed by atoms with Gasteiger partial charge in [-0.15, -0.1) is 6.42 Å². The highest BCUT2D eigenvalue weighted by Crippen LogP contribution is 2.22. The van der Waals surface area contributed by atoms with Crippen LogP contribution in [0.15, 0.2) is 54.2 Å². The van der Waals surface area contributed by atoms with Crippen molar-refractivity contribution in [1.29, 1.82) is 0 Å². The van der Waals surface area contributed by atoms with E-state index in [-0.39, 0.29) is 12.5 Å². The van der Waals surface area contributed by atoms with Gasteiger partial charge in [-0.05, 0) is 42.7 Å². The van der Waals surface area contributed by atoms with Crippen LogP contribution in [0.1, 0.15) is 34.7 Å². The normalized spacial score (nSPS) is 10.8. The zero-order chi connectivity index (χ0) is 19.1. The van der Waals surface area contributed by atoms with E-state index in [9.17, 15) is 4.79 Å². The number of carbonyl (C=O) groups excluding carboxylic acids is 1. The molecule has 0 aliphatic heterocycles. The van der Waals surface area contributed by atoms with Gasteiger partial charge in [0.05, 0.1) is 5.71 Å². The first-order chi connectivity index (χ1) is 12.5. The van der Waals surface area contributed by atoms with Crippen molar-refractivity contribution in [3.8, 4) is 12.3 Å². The van der Waals surface area contributed by atoms with Crippen molar-refractivity contribution in [3.05, 3.63) is 76.9 Å². The SMILES string of the molecule is C#Cc1ccc(/C(C)=N/OCc2c(C)cccc2C(=C)C(=O)NC)cc1. The van der Waals surface area contributed by atoms with Gasteiger partial charge in [-0.2, -0.15) is 0 Å². The number of likely N-dealkylation sites (N-methyl/N-ethyl adjacent to an activating group) is 1. The minimum atomic E-state index is -0.217. The number of hydrogen-bond donors (Lipinski definition) is 1. The zero-order valence-electron chi connectivity index (χ0n) is 15.3. The van der Waals surface area contributed by atoms with E-state index >= 15 is 0 Å². The predicted octanol–water partition coefficient (Wildman–Crippen LogP) is 3.68. The number of hydrogen-bond acceptors (Lipinski definition) is 3. The molecule has 4 heteroatoms. The van der Waals surface area contributed by atoms with Gasteiger partial charge in [-0.3, -0.25) is 4.79 Å². The monoisotopic (exact) mass is 346 g/mol. The first-order valence-corrected chi connectivity index (χ1v) is 8.21. The summed E-state index contributed by atoms with van der Waals surface area (Å²) in [6.07, 6.45) is 5.36. The van der Waals surface area contributed by atoms with Crippen LogP contribution in [-0.4, -0.2) is 18.7 Å². The van der Waals surface area contributed by atoms with Gasteiger partial charge in [0, 0.05) is 23.7 Å². The maximum atomic E-state index is 11.9. The number of rotatable bonds is 6. The molecule has 1 N–H and O–H groups in total. The minimum Gasteiger partial charge on any atom is -0.391 e. The Labute approximate surface area is 154 Å². The van der Waals surface area contributed by atoms with E-state index in [1.807, 2.05) is 56.3 Å². The van der Waals surface area contributed by atoms with Crippen molar-refractivity contribution in [2.75, 3.05) is 7.05 Å². The fraction of sp³-hybridized carbons (Fsp3) is 0.182. The third-order valence-electron chi connectivity index (χ3n) is 4.12. The Kier molecular flexibility index (Phi) is 6.35. The molecule has 2 aromatic rings. The van der Waals surface area contributed by atoms with Gasteiger partial charge >= 0.3 is 0 Å². The van der Waals surface area contributed by atoms with Crippen LogP contribution >= 0.6 is 0 Å². The number of terminal acetylenes is 1. The second-order valence-corrected chi connectivity index (χ2v) is 5.83. The zero-order valence-corrected chi connectivity index (χ0v) is 15.3. The molecule has 0 heterocycles. The standard InChI is InChI=1S/C22H22N2O2/c1-6-18-10-12-19(13-11-18)17(4)24-26-14-21-15(2)8-7-9-20(21)16(3)22(25)23-5/h1,7-13H,3,14H2,2,4-5H3,(H,23,25)/b24-17+. The first-order valence-electron chi connectivity index (χ1n) is 8.21. The van der Waals surface area contributed by atoms with Gasteiger partial charge in [0.15, 0.2) is 0 Å². The molecule has 4 nitrogen and oxygen atoms in total. The summed E-state index contributed by atoms with van der Waals surface area (Å²) >= 11 is 0. The lowest BCUT2D eigenvalue weighted by molar-refractivity contribution is -0.115. The highest BCUT2D eigenvalue weighted by molar-refractivity contribution is 6.19. The van der Waals surface area contributed by atoms with E-state index in [2.05, 4.69) is 23.0 Å². The van der Waals surface area contributed by atoms with Crippen LogP contribution < -0.4 is 5.32 Å². The minimum absolute atomic E-state index is 0.217. The van der Waals surface area contributed by atoms with E-state index in [4.69, 9.17) is 11.3 Å². The fourth-order valence-electron chi connectivity index (χ4n) is 2.50. The summed E-state index contributed by atoms with van der Waals surface area (Å²) in [5.41, 5.74) is 5.56. The summed E-state index contributed by atoms with van der Waals surface area (Å²) in [5, 5.41) is 6.78. The molecule has 0 saturated carbocycles. The topological polar surface area (TPSA) is 50.7 Å². The Morgan fingerprint density at radius 2 is 1.96 bits per heavy atom. The van der Waals surface area contributed by atoms with Gasteiger partial charge in [0.1, 0.15) is 6.61 Å². The Morgan fingerprint density at radius 1 is 1.27 bits per heavy atom. The Balaban J connectivity index is 2.17. The molecule has 0 aromatic heterocycles. The van der Waals surface area contributed by atoms with Crippen LogP contribution in [0.4, 0.5) is 0 Å². The highest BCUT2D eigenvalue weighted by atomic mass is 16.6. The molecule has 0 atom stereocenters. The van der Waals surface area contributed by atoms with Crippen molar-refractivity contribution in [2.24, 2.45) is 5.16 Å². The predicted molar refractivity (Wildman–Crippen MR) is 106 cm³/mol. The van der Waals surface area contributed by atoms with Crippen LogP contribution in [0, 0.1) is 19.3 Å². The Bertz CT molecular complexity index is 887. The van der Waals surface area contributed by atoms with Crippen LogP contribution in [0.5, 0.6) is 0 Å². The van der Waals surface area contributed by atoms with Crippen LogP contribution in [0.3, 0.4) is 0 Å². The number of nitrogens with zero attached hydrogens (tertiary/aromatic N) is 1. The molecule has 1 amide bonds. The number of oxime groups is 1. The van der Waals surface area contributed by atoms with E-state index in [1.165, 1.54) is 0 Å². The van der Waals surface area contributed by atoms with Crippen molar-refractivity contribution >= 4 is 17.2 Å². The molecule has 0 saturated heterocycles. The van der Waals surface area contributed by atoms with Gasteiger partial charge in [0.25, 0.3) is 5.91 Å². The molecule has 0 bridgehead atoms. The smallest absolute Gasteiger partial charge is 0.251 e. The van der Waals surface area contributed by atoms with E-state index in [0.29, 0.717) is 5.57 Å². The molecule has 0 aliphatic rings. The summed E-state index contributed by atoms with van der Waals surface area (Å²) < 4.78 is 0. The van der Waals surface area contributed by atoms with E-state index in [1.54, 1.807) is 7.05 Å². The number of benzene rings is 2. The maximum absolute atomic E-state index is 11.9. The second-order valence-electron chi connectivity index (χ2n) is 5.83. The lowest BCUT2D eigenvalue weighted by atomic mass is 9.97. The molecule has 0 aliphatic carbocycles. The average Bonchev–Trinajstić information content (AvgIpc) is 2.67. The quantitative estimate of drug-likeness (QED) is 0.375. The molecular weight excluding hydrogens is 324 g/mol. The summed E-state index contributed by atoms with van der Waals surface area (Å²) in [7, 11) is 1.58. The molecule has 0 radical (unpaired) electrons. The van der Waals surface area contributed by atoms with Gasteiger partial charge in [-0.1, -0.05) is 48.0 Å². The average molecular weight is 346 g/mol. The number of amides is 1. The number of aryl methyl sites for hydroxylation is 1. The Morgan fingerprint density at radius 3 is 2.58 bits per heavy atom. The molecule has 0 unspecified atom stereocenters. The third-order valence-corrected chi connectivity index (χ3v) is 4.12. The molecule has 2 rings (SSSR count). The summed E-state index contributed by atoms with van der Waals surface area (Å²) in [5.74, 6) is 2.37. The van der Waals surface area contributed by atoms with Crippen LogP contribution in [0.25, 0.3) is 5.57 Å². The van der Waals surface area contributed by atoms with E-state index < -0.39 is 0 Å². The van der Waals surface area contributed by atoms with Crippen molar-refractivity contribution < 1.29 is 9.63 Å². The third kappa shape index (κ3) is 4.40. The molecule has 0 fully saturated rings. The first kappa shape index (κ1) is 19.0. The Hall–Kier alpha value is -3.32. The molecule has 2 aromatic carbocycles. The van der Waals surface area contributed by atoms with Gasteiger partial charge in [-0.25, -0.2) is 0 Å². The van der Waals surface area contributed by atoms with Crippen molar-refractivity contribution in [1.82, 2.24) is 5.32 Å². The molecular formula is C22H22N2O2. The van der Waals surface area contributed by atoms with Crippen LogP contribution in [-0.2, 0) is 16.2 Å². The largest absolute Gasteiger partial charge is 0.391 e. The van der Waals surface area contributed by atoms with Crippen molar-refractivity contribution in [2.45, 2.75) is 20.5 Å². The lowest BCUT2D eigenvalue weighted by Gasteiger charge is -2.13. The fourth-order valence-corrected chi connectivity index (χ4v) is 2.50. The second kappa shape index (κ2) is 8.68. The number of carbonyl (C=O) groups is 1. The molecule has 132 valence electrons. The summed E-state index contributed by atoms with van der Waals surface area (Å²) in [6.45, 7) is 7.97. The molecule has 26 heavy (non-hydrogen) atoms. The molecule has 0 spiro atoms. The summed E-state index contributed by atoms with van der Waals surface area (Å²) in [4.78, 5) is 17.5.